The Labute approximate surface area is 603 Å². The molecule has 102 heavy (non-hydrogen) atoms. The quantitative estimate of drug-likeness (QED) is 0.0280. The van der Waals surface area contributed by atoms with Crippen LogP contribution in [0.5, 0.6) is 52.1 Å². The van der Waals surface area contributed by atoms with E-state index in [0.717, 1.165) is 121 Å². The lowest BCUT2D eigenvalue weighted by Gasteiger charge is -2.19. The van der Waals surface area contributed by atoms with Crippen molar-refractivity contribution < 1.29 is 50.5 Å². The number of likely N-dealkylation sites (tertiary alicyclic amines) is 2. The van der Waals surface area contributed by atoms with E-state index in [1.165, 1.54) is 101 Å². The minimum Gasteiger partial charge on any atom is -0.488 e. The van der Waals surface area contributed by atoms with Gasteiger partial charge in [-0.25, -0.2) is 24.3 Å². The largest absolute Gasteiger partial charge is 0.488 e. The number of rotatable bonds is 26. The van der Waals surface area contributed by atoms with Crippen LogP contribution in [0.3, 0.4) is 0 Å². The molecule has 7 aliphatic rings. The monoisotopic (exact) mass is 1440 g/mol. The van der Waals surface area contributed by atoms with Gasteiger partial charge in [0.05, 0.1) is 24.2 Å². The summed E-state index contributed by atoms with van der Waals surface area (Å²) in [6, 6.07) is 35.5. The maximum Gasteiger partial charge on any atom is 0.264 e. The molecule has 21 nitrogen and oxygen atoms in total. The SMILES string of the molecule is C1=NCC(c2ccc(Oc3ccc4c(c3)OC(CN3CCCC3)C4)nc2)=C1.C1CCCC1.C[Si](C)(C)CCOCn1nccc1-c1ccc(Oc2ccc3c(c2)OC(CN2CCCC2)C3)nc1.C[Si](C)(C)CCOCn1nccc1-c1ccc(Oc2ccc3c(c2)OC(COS(C)(=O)=O)C3)nc1. The highest BCUT2D eigenvalue weighted by atomic mass is 32.2. The van der Waals surface area contributed by atoms with Crippen LogP contribution >= 0.6 is 0 Å². The molecule has 5 aromatic heterocycles. The predicted molar refractivity (Wildman–Crippen MR) is 404 cm³/mol. The third kappa shape index (κ3) is 22.2. The van der Waals surface area contributed by atoms with Gasteiger partial charge >= 0.3 is 0 Å². The highest BCUT2D eigenvalue weighted by Gasteiger charge is 2.30. The highest BCUT2D eigenvalue weighted by molar-refractivity contribution is 7.86. The van der Waals surface area contributed by atoms with Gasteiger partial charge in [-0.1, -0.05) is 89.6 Å². The van der Waals surface area contributed by atoms with Gasteiger partial charge in [-0.3, -0.25) is 19.0 Å². The van der Waals surface area contributed by atoms with E-state index in [2.05, 4.69) is 91.4 Å². The number of ether oxygens (including phenoxy) is 8. The Morgan fingerprint density at radius 1 is 0.490 bits per heavy atom. The molecule has 8 aromatic rings. The molecule has 2 saturated heterocycles. The van der Waals surface area contributed by atoms with Crippen LogP contribution in [0.4, 0.5) is 0 Å². The molecule has 0 amide bonds. The summed E-state index contributed by atoms with van der Waals surface area (Å²) in [5.41, 5.74) is 9.56. The molecule has 3 fully saturated rings. The number of fused-ring (bicyclic) bond motifs is 3. The fraction of sp³-hybridized carbons (Fsp3) is 0.462. The first-order valence-electron chi connectivity index (χ1n) is 36.3. The summed E-state index contributed by atoms with van der Waals surface area (Å²) in [5.74, 6) is 6.20. The van der Waals surface area contributed by atoms with Gasteiger partial charge in [0.1, 0.15) is 72.9 Å². The van der Waals surface area contributed by atoms with Crippen LogP contribution < -0.4 is 28.4 Å². The second-order valence-electron chi connectivity index (χ2n) is 29.7. The first-order valence-corrected chi connectivity index (χ1v) is 45.5. The van der Waals surface area contributed by atoms with Gasteiger partial charge in [0, 0.05) is 146 Å². The van der Waals surface area contributed by atoms with E-state index >= 15 is 0 Å². The van der Waals surface area contributed by atoms with Crippen molar-refractivity contribution in [3.63, 3.8) is 0 Å². The number of allylic oxidation sites excluding steroid dienone is 1. The Kier molecular flexibility index (Phi) is 25.2. The highest BCUT2D eigenvalue weighted by Crippen LogP contribution is 2.38. The molecule has 1 aliphatic carbocycles. The van der Waals surface area contributed by atoms with Crippen molar-refractivity contribution in [3.05, 3.63) is 162 Å². The van der Waals surface area contributed by atoms with Crippen molar-refractivity contribution in [1.82, 2.24) is 44.3 Å². The van der Waals surface area contributed by atoms with Crippen LogP contribution in [-0.2, 0) is 56.5 Å². The summed E-state index contributed by atoms with van der Waals surface area (Å²) in [4.78, 5) is 22.6. The Morgan fingerprint density at radius 2 is 0.892 bits per heavy atom. The van der Waals surface area contributed by atoms with Crippen molar-refractivity contribution in [3.8, 4) is 74.7 Å². The van der Waals surface area contributed by atoms with Crippen molar-refractivity contribution >= 4 is 38.1 Å². The summed E-state index contributed by atoms with van der Waals surface area (Å²) >= 11 is 0. The molecule has 542 valence electrons. The van der Waals surface area contributed by atoms with Crippen LogP contribution in [0.2, 0.25) is 51.4 Å². The molecule has 11 heterocycles. The van der Waals surface area contributed by atoms with Gasteiger partial charge in [-0.05, 0) is 146 Å². The maximum atomic E-state index is 11.2. The van der Waals surface area contributed by atoms with Crippen molar-refractivity contribution in [1.29, 1.82) is 0 Å². The number of pyridine rings is 3. The zero-order valence-corrected chi connectivity index (χ0v) is 63.2. The summed E-state index contributed by atoms with van der Waals surface area (Å²) in [6.07, 6.45) is 29.2. The number of aliphatic imine (C=N–C) groups is 1. The molecule has 0 bridgehead atoms. The molecule has 24 heteroatoms. The minimum atomic E-state index is -3.51. The van der Waals surface area contributed by atoms with E-state index in [1.807, 2.05) is 113 Å². The lowest BCUT2D eigenvalue weighted by atomic mass is 10.1. The van der Waals surface area contributed by atoms with E-state index in [9.17, 15) is 8.42 Å². The Hall–Kier alpha value is -8.08. The van der Waals surface area contributed by atoms with Gasteiger partial charge in [-0.2, -0.15) is 18.6 Å². The van der Waals surface area contributed by atoms with E-state index in [4.69, 9.17) is 42.1 Å². The third-order valence-corrected chi connectivity index (χ3v) is 22.7. The van der Waals surface area contributed by atoms with Crippen LogP contribution in [0, 0.1) is 0 Å². The minimum absolute atomic E-state index is 0.0212. The standard InChI is InChI=1S/C27H36N4O3Si.C24H31N3O6SSi.C22H23N3O2.C5H10/c1-35(2,3)15-14-32-20-31-25(10-11-29-31)22-7-9-27(28-18-22)34-23-8-6-21-16-24(33-26(21)17-23)19-30-12-4-5-13-30;1-34(28,29)31-16-21-13-18-5-7-20(14-23(18)32-21)33-24-8-6-19(15-25-24)22-9-10-26-27(22)17-30-11-12-35(2,3)4;1-2-10-25(9-1)15-20-11-16-3-5-19(12-21(16)26-20)27-22-6-4-17(14-24-22)18-7-8-23-13-18;1-2-4-5-3-1/h6-11,17-18,24H,4-5,12-16,19-20H2,1-3H3;5-10,14-15,21H,11-13,16-17H2,1-4H3;3-8,12,14,20H,1-2,9-11,13,15H2;1-5H2. The average Bonchev–Trinajstić information content (AvgIpc) is 1.67. The van der Waals surface area contributed by atoms with Gasteiger partial charge in [0.25, 0.3) is 10.1 Å². The van der Waals surface area contributed by atoms with Crippen LogP contribution in [0.15, 0.2) is 145 Å². The van der Waals surface area contributed by atoms with Gasteiger partial charge in [0.15, 0.2) is 0 Å². The molecule has 6 aliphatic heterocycles. The van der Waals surface area contributed by atoms with Crippen molar-refractivity contribution in [2.75, 3.05) is 71.9 Å². The zero-order valence-electron chi connectivity index (χ0n) is 60.3. The lowest BCUT2D eigenvalue weighted by molar-refractivity contribution is 0.0797. The van der Waals surface area contributed by atoms with Crippen molar-refractivity contribution in [2.45, 2.75) is 160 Å². The molecule has 0 spiro atoms. The van der Waals surface area contributed by atoms with E-state index in [0.29, 0.717) is 49.0 Å². The molecule has 15 rings (SSSR count). The predicted octanol–water partition coefficient (Wildman–Crippen LogP) is 15.5. The molecule has 1 saturated carbocycles. The molecule has 0 N–H and O–H groups in total. The number of hydrogen-bond acceptors (Lipinski definition) is 19. The lowest BCUT2D eigenvalue weighted by Crippen LogP contribution is -2.32. The molecule has 3 atom stereocenters. The zero-order chi connectivity index (χ0) is 70.9. The van der Waals surface area contributed by atoms with Crippen LogP contribution in [0.1, 0.15) is 80.0 Å². The second kappa shape index (κ2) is 34.9. The topological polar surface area (TPSA) is 210 Å². The Balaban J connectivity index is 0.000000140. The number of nitrogens with zero attached hydrogens (tertiary/aromatic N) is 10. The summed E-state index contributed by atoms with van der Waals surface area (Å²) in [6.45, 7) is 23.9. The van der Waals surface area contributed by atoms with Gasteiger partial charge < -0.3 is 37.9 Å². The smallest absolute Gasteiger partial charge is 0.264 e. The van der Waals surface area contributed by atoms with Crippen LogP contribution in [0.25, 0.3) is 28.1 Å². The maximum absolute atomic E-state index is 11.2. The summed E-state index contributed by atoms with van der Waals surface area (Å²) in [5, 5.41) is 8.79. The summed E-state index contributed by atoms with van der Waals surface area (Å²) < 4.78 is 78.8. The molecule has 3 aromatic carbocycles. The third-order valence-electron chi connectivity index (χ3n) is 18.7. The molecule has 3 unspecified atom stereocenters. The molecular weight excluding hydrogens is 1340 g/mol. The average molecular weight is 1440 g/mol. The number of aromatic nitrogens is 7. The Morgan fingerprint density at radius 3 is 1.26 bits per heavy atom. The van der Waals surface area contributed by atoms with Crippen LogP contribution in [-0.4, -0.2) is 165 Å². The fourth-order valence-corrected chi connectivity index (χ4v) is 15.0. The normalized spacial score (nSPS) is 18.3. The van der Waals surface area contributed by atoms with E-state index in [1.54, 1.807) is 30.7 Å². The molecule has 0 radical (unpaired) electrons. The Bertz CT molecular complexity index is 4180. The molecular formula is C78H100N10O11SSi2. The second-order valence-corrected chi connectivity index (χ2v) is 42.6. The number of benzene rings is 3. The van der Waals surface area contributed by atoms with Gasteiger partial charge in [0.2, 0.25) is 17.6 Å². The van der Waals surface area contributed by atoms with E-state index in [-0.39, 0.29) is 24.9 Å². The first-order chi connectivity index (χ1) is 49.3. The fourth-order valence-electron chi connectivity index (χ4n) is 13.0. The number of hydrogen-bond donors (Lipinski definition) is 0. The van der Waals surface area contributed by atoms with E-state index < -0.39 is 26.3 Å². The van der Waals surface area contributed by atoms with Gasteiger partial charge in [-0.15, -0.1) is 0 Å². The van der Waals surface area contributed by atoms with Crippen molar-refractivity contribution in [2.24, 2.45) is 4.99 Å². The first kappa shape index (κ1) is 73.7. The summed E-state index contributed by atoms with van der Waals surface area (Å²) in [7, 11) is -5.74.